The van der Waals surface area contributed by atoms with Gasteiger partial charge in [0.05, 0.1) is 19.8 Å². The van der Waals surface area contributed by atoms with Gasteiger partial charge < -0.3 is 19.5 Å². The summed E-state index contributed by atoms with van der Waals surface area (Å²) in [5.41, 5.74) is 1.79. The van der Waals surface area contributed by atoms with Crippen LogP contribution in [0.15, 0.2) is 66.7 Å². The Balaban J connectivity index is 1.30. The van der Waals surface area contributed by atoms with Gasteiger partial charge in [-0.15, -0.1) is 0 Å². The Morgan fingerprint density at radius 3 is 2.77 bits per heavy atom. The summed E-state index contributed by atoms with van der Waals surface area (Å²) < 4.78 is 15.9. The van der Waals surface area contributed by atoms with Gasteiger partial charge in [-0.05, 0) is 46.7 Å². The van der Waals surface area contributed by atoms with Gasteiger partial charge in [0.25, 0.3) is 5.91 Å². The summed E-state index contributed by atoms with van der Waals surface area (Å²) >= 11 is 0. The Labute approximate surface area is 180 Å². The van der Waals surface area contributed by atoms with Crippen LogP contribution in [0, 0.1) is 0 Å². The molecular formula is C25H23NO5. The number of nitrogens with one attached hydrogen (secondary N) is 1. The van der Waals surface area contributed by atoms with Crippen molar-refractivity contribution in [1.29, 1.82) is 0 Å². The van der Waals surface area contributed by atoms with E-state index in [0.29, 0.717) is 13.0 Å². The first-order chi connectivity index (χ1) is 15.1. The second-order valence-corrected chi connectivity index (χ2v) is 7.21. The number of hydrogen-bond donors (Lipinski definition) is 1. The Morgan fingerprint density at radius 1 is 1.10 bits per heavy atom. The number of amides is 1. The molecule has 1 unspecified atom stereocenters. The quantitative estimate of drug-likeness (QED) is 0.484. The maximum Gasteiger partial charge on any atom is 0.331 e. The zero-order chi connectivity index (χ0) is 21.6. The van der Waals surface area contributed by atoms with Gasteiger partial charge in [0.15, 0.2) is 6.61 Å². The molecule has 3 aromatic rings. The summed E-state index contributed by atoms with van der Waals surface area (Å²) in [6.07, 6.45) is 3.66. The lowest BCUT2D eigenvalue weighted by Crippen LogP contribution is -2.34. The van der Waals surface area contributed by atoms with E-state index in [1.165, 1.54) is 6.08 Å². The molecule has 6 heteroatoms. The molecule has 4 rings (SSSR count). The highest BCUT2D eigenvalue weighted by molar-refractivity contribution is 5.91. The molecule has 0 aliphatic carbocycles. The molecule has 3 aromatic carbocycles. The molecule has 0 fully saturated rings. The van der Waals surface area contributed by atoms with Crippen LogP contribution in [-0.4, -0.2) is 32.2 Å². The molecule has 0 saturated carbocycles. The lowest BCUT2D eigenvalue weighted by molar-refractivity contribution is -0.144. The van der Waals surface area contributed by atoms with E-state index in [1.54, 1.807) is 13.2 Å². The fourth-order valence-electron chi connectivity index (χ4n) is 3.55. The van der Waals surface area contributed by atoms with Crippen molar-refractivity contribution in [3.05, 3.63) is 77.9 Å². The Bertz CT molecular complexity index is 1140. The van der Waals surface area contributed by atoms with Gasteiger partial charge in [-0.3, -0.25) is 4.79 Å². The minimum Gasteiger partial charge on any atom is -0.497 e. The maximum atomic E-state index is 12.2. The third-order valence-corrected chi connectivity index (χ3v) is 5.12. The van der Waals surface area contributed by atoms with E-state index in [1.807, 2.05) is 60.7 Å². The van der Waals surface area contributed by atoms with Crippen molar-refractivity contribution < 1.29 is 23.8 Å². The molecule has 0 bridgehead atoms. The normalized spacial score (nSPS) is 15.2. The highest BCUT2D eigenvalue weighted by Gasteiger charge is 2.22. The summed E-state index contributed by atoms with van der Waals surface area (Å²) in [6.45, 7) is 0.198. The molecule has 0 saturated heterocycles. The van der Waals surface area contributed by atoms with Crippen molar-refractivity contribution in [2.75, 3.05) is 20.3 Å². The van der Waals surface area contributed by atoms with Gasteiger partial charge in [0.1, 0.15) is 11.5 Å². The molecule has 31 heavy (non-hydrogen) atoms. The molecule has 6 nitrogen and oxygen atoms in total. The van der Waals surface area contributed by atoms with Gasteiger partial charge in [0, 0.05) is 18.1 Å². The van der Waals surface area contributed by atoms with Crippen molar-refractivity contribution in [3.63, 3.8) is 0 Å². The zero-order valence-corrected chi connectivity index (χ0v) is 17.2. The van der Waals surface area contributed by atoms with Crippen LogP contribution in [-0.2, 0) is 14.3 Å². The van der Waals surface area contributed by atoms with E-state index in [4.69, 9.17) is 14.2 Å². The van der Waals surface area contributed by atoms with Crippen molar-refractivity contribution >= 4 is 28.7 Å². The van der Waals surface area contributed by atoms with Crippen LogP contribution in [0.5, 0.6) is 11.5 Å². The number of ether oxygens (including phenoxy) is 3. The van der Waals surface area contributed by atoms with Crippen LogP contribution >= 0.6 is 0 Å². The maximum absolute atomic E-state index is 12.2. The van der Waals surface area contributed by atoms with E-state index < -0.39 is 5.97 Å². The molecule has 1 aliphatic heterocycles. The smallest absolute Gasteiger partial charge is 0.331 e. The number of rotatable bonds is 6. The number of carbonyl (C=O) groups is 2. The average Bonchev–Trinajstić information content (AvgIpc) is 2.81. The number of benzene rings is 3. The van der Waals surface area contributed by atoms with Crippen LogP contribution in [0.3, 0.4) is 0 Å². The van der Waals surface area contributed by atoms with Crippen molar-refractivity contribution in [1.82, 2.24) is 5.32 Å². The van der Waals surface area contributed by atoms with Gasteiger partial charge in [-0.25, -0.2) is 4.79 Å². The third-order valence-electron chi connectivity index (χ3n) is 5.12. The van der Waals surface area contributed by atoms with E-state index >= 15 is 0 Å². The predicted octanol–water partition coefficient (Wildman–Crippen LogP) is 4.04. The number of esters is 1. The van der Waals surface area contributed by atoms with Crippen LogP contribution in [0.4, 0.5) is 0 Å². The van der Waals surface area contributed by atoms with Crippen molar-refractivity contribution in [3.8, 4) is 11.5 Å². The fourth-order valence-corrected chi connectivity index (χ4v) is 3.55. The monoisotopic (exact) mass is 417 g/mol. The molecule has 0 radical (unpaired) electrons. The van der Waals surface area contributed by atoms with Gasteiger partial charge in [-0.2, -0.15) is 0 Å². The number of carbonyl (C=O) groups excluding carboxylic acids is 2. The van der Waals surface area contributed by atoms with Crippen LogP contribution < -0.4 is 14.8 Å². The first-order valence-corrected chi connectivity index (χ1v) is 10.1. The minimum atomic E-state index is -0.572. The van der Waals surface area contributed by atoms with Crippen LogP contribution in [0.1, 0.15) is 23.6 Å². The second kappa shape index (κ2) is 9.34. The molecular weight excluding hydrogens is 394 g/mol. The molecule has 0 aromatic heterocycles. The highest BCUT2D eigenvalue weighted by Crippen LogP contribution is 2.31. The SMILES string of the molecule is COc1ccc2cc(/C=C/C(=O)OCC(=O)NC3CCOc4ccccc43)ccc2c1. The second-order valence-electron chi connectivity index (χ2n) is 7.21. The first-order valence-electron chi connectivity index (χ1n) is 10.1. The Morgan fingerprint density at radius 2 is 1.90 bits per heavy atom. The Hall–Kier alpha value is -3.80. The van der Waals surface area contributed by atoms with Crippen LogP contribution in [0.25, 0.3) is 16.8 Å². The number of hydrogen-bond acceptors (Lipinski definition) is 5. The van der Waals surface area contributed by atoms with E-state index in [2.05, 4.69) is 5.32 Å². The number of para-hydroxylation sites is 1. The summed E-state index contributed by atoms with van der Waals surface area (Å²) in [7, 11) is 1.63. The summed E-state index contributed by atoms with van der Waals surface area (Å²) in [4.78, 5) is 24.3. The molecule has 1 heterocycles. The van der Waals surface area contributed by atoms with Crippen LogP contribution in [0.2, 0.25) is 0 Å². The molecule has 1 aliphatic rings. The van der Waals surface area contributed by atoms with E-state index in [9.17, 15) is 9.59 Å². The highest BCUT2D eigenvalue weighted by atomic mass is 16.5. The lowest BCUT2D eigenvalue weighted by Gasteiger charge is -2.26. The third kappa shape index (κ3) is 5.04. The van der Waals surface area contributed by atoms with Crippen molar-refractivity contribution in [2.45, 2.75) is 12.5 Å². The topological polar surface area (TPSA) is 73.9 Å². The van der Waals surface area contributed by atoms with Gasteiger partial charge in [0.2, 0.25) is 0 Å². The largest absolute Gasteiger partial charge is 0.497 e. The fraction of sp³-hybridized carbons (Fsp3) is 0.200. The summed E-state index contributed by atoms with van der Waals surface area (Å²) in [5, 5.41) is 4.98. The zero-order valence-electron chi connectivity index (χ0n) is 17.2. The van der Waals surface area contributed by atoms with Gasteiger partial charge in [-0.1, -0.05) is 36.4 Å². The van der Waals surface area contributed by atoms with E-state index in [-0.39, 0.29) is 18.6 Å². The molecule has 1 amide bonds. The Kier molecular flexibility index (Phi) is 6.17. The minimum absolute atomic E-state index is 0.150. The predicted molar refractivity (Wildman–Crippen MR) is 118 cm³/mol. The molecule has 1 N–H and O–H groups in total. The average molecular weight is 417 g/mol. The standard InChI is InChI=1S/C25H23NO5/c1-29-20-10-9-18-14-17(6-8-19(18)15-20)7-11-25(28)31-16-24(27)26-22-12-13-30-23-5-3-2-4-21(22)23/h2-11,14-15,22H,12-13,16H2,1H3,(H,26,27)/b11-7+. The van der Waals surface area contributed by atoms with E-state index in [0.717, 1.165) is 33.4 Å². The summed E-state index contributed by atoms with van der Waals surface area (Å²) in [6, 6.07) is 19.1. The van der Waals surface area contributed by atoms with Crippen molar-refractivity contribution in [2.24, 2.45) is 0 Å². The molecule has 1 atom stereocenters. The molecule has 158 valence electrons. The number of methoxy groups -OCH3 is 1. The first kappa shape index (κ1) is 20.5. The lowest BCUT2D eigenvalue weighted by atomic mass is 10.0. The van der Waals surface area contributed by atoms with Gasteiger partial charge >= 0.3 is 5.97 Å². The molecule has 0 spiro atoms. The number of fused-ring (bicyclic) bond motifs is 2. The summed E-state index contributed by atoms with van der Waals surface area (Å²) in [5.74, 6) is 0.648.